The highest BCUT2D eigenvalue weighted by atomic mass is 16.3. The average molecular weight is 257 g/mol. The third-order valence-corrected chi connectivity index (χ3v) is 3.58. The Balaban J connectivity index is 1.98. The zero-order valence-electron chi connectivity index (χ0n) is 11.1. The first kappa shape index (κ1) is 11.3. The number of rotatable bonds is 1. The molecular formula is C17H12BNO. The maximum absolute atomic E-state index is 6.00. The van der Waals surface area contributed by atoms with E-state index in [1.165, 1.54) is 10.8 Å². The van der Waals surface area contributed by atoms with E-state index in [4.69, 9.17) is 4.42 Å². The monoisotopic (exact) mass is 257 g/mol. The molecule has 3 heteroatoms. The van der Waals surface area contributed by atoms with Crippen LogP contribution < -0.4 is 5.46 Å². The van der Waals surface area contributed by atoms with Crippen LogP contribution in [0.25, 0.3) is 33.3 Å². The molecule has 0 amide bonds. The summed E-state index contributed by atoms with van der Waals surface area (Å²) in [7, 11) is 2.07. The quantitative estimate of drug-likeness (QED) is 0.490. The molecule has 1 aromatic heterocycles. The van der Waals surface area contributed by atoms with Crippen LogP contribution in [0.5, 0.6) is 0 Å². The van der Waals surface area contributed by atoms with Crippen molar-refractivity contribution in [1.82, 2.24) is 4.98 Å². The fraction of sp³-hybridized carbons (Fsp3) is 0. The second-order valence-electron chi connectivity index (χ2n) is 5.02. The Hall–Kier alpha value is -2.55. The lowest BCUT2D eigenvalue weighted by atomic mass is 9.95. The van der Waals surface area contributed by atoms with Crippen LogP contribution in [0.4, 0.5) is 0 Å². The van der Waals surface area contributed by atoms with Crippen molar-refractivity contribution < 1.29 is 4.42 Å². The molecule has 0 aliphatic carbocycles. The predicted molar refractivity (Wildman–Crippen MR) is 85.1 cm³/mol. The molecule has 0 radical (unpaired) electrons. The highest BCUT2D eigenvalue weighted by Gasteiger charge is 2.10. The van der Waals surface area contributed by atoms with Gasteiger partial charge in [-0.3, -0.25) is 0 Å². The summed E-state index contributed by atoms with van der Waals surface area (Å²) in [5, 5.41) is 2.28. The smallest absolute Gasteiger partial charge is 0.227 e. The Bertz CT molecular complexity index is 909. The highest BCUT2D eigenvalue weighted by molar-refractivity contribution is 6.32. The standard InChI is InChI=1S/C17H12BNO/c18-13-8-5-12(6-9-13)17-19-15-10-7-11-3-1-2-4-14(11)16(15)20-17/h1-10H,18H2. The van der Waals surface area contributed by atoms with Crippen LogP contribution in [0.1, 0.15) is 0 Å². The molecule has 0 N–H and O–H groups in total. The minimum Gasteiger partial charge on any atom is -0.435 e. The predicted octanol–water partition coefficient (Wildman–Crippen LogP) is 2.91. The summed E-state index contributed by atoms with van der Waals surface area (Å²) in [4.78, 5) is 4.60. The Kier molecular flexibility index (Phi) is 2.39. The van der Waals surface area contributed by atoms with E-state index in [0.29, 0.717) is 5.89 Å². The van der Waals surface area contributed by atoms with E-state index < -0.39 is 0 Å². The largest absolute Gasteiger partial charge is 0.435 e. The van der Waals surface area contributed by atoms with Gasteiger partial charge in [0.1, 0.15) is 13.4 Å². The van der Waals surface area contributed by atoms with Crippen molar-refractivity contribution in [1.29, 1.82) is 0 Å². The molecular weight excluding hydrogens is 245 g/mol. The van der Waals surface area contributed by atoms with Crippen molar-refractivity contribution in [2.24, 2.45) is 0 Å². The third kappa shape index (κ3) is 1.71. The molecule has 0 bridgehead atoms. The molecule has 0 atom stereocenters. The summed E-state index contributed by atoms with van der Waals surface area (Å²) < 4.78 is 6.00. The van der Waals surface area contributed by atoms with Crippen LogP contribution in [0, 0.1) is 0 Å². The fourth-order valence-electron chi connectivity index (χ4n) is 2.48. The third-order valence-electron chi connectivity index (χ3n) is 3.58. The van der Waals surface area contributed by atoms with Crippen LogP contribution in [-0.2, 0) is 0 Å². The second-order valence-corrected chi connectivity index (χ2v) is 5.02. The molecule has 2 nitrogen and oxygen atoms in total. The van der Waals surface area contributed by atoms with Gasteiger partial charge in [0.2, 0.25) is 5.89 Å². The van der Waals surface area contributed by atoms with Crippen molar-refractivity contribution in [3.63, 3.8) is 0 Å². The molecule has 94 valence electrons. The van der Waals surface area contributed by atoms with Crippen molar-refractivity contribution in [3.05, 3.63) is 60.7 Å². The number of aromatic nitrogens is 1. The second kappa shape index (κ2) is 4.24. The summed E-state index contributed by atoms with van der Waals surface area (Å²) >= 11 is 0. The number of hydrogen-bond donors (Lipinski definition) is 0. The van der Waals surface area contributed by atoms with E-state index in [1.54, 1.807) is 0 Å². The van der Waals surface area contributed by atoms with Crippen LogP contribution in [0.3, 0.4) is 0 Å². The molecule has 0 spiro atoms. The molecule has 4 rings (SSSR count). The van der Waals surface area contributed by atoms with Gasteiger partial charge in [-0.1, -0.05) is 60.1 Å². The summed E-state index contributed by atoms with van der Waals surface area (Å²) in [5.41, 5.74) is 4.00. The van der Waals surface area contributed by atoms with E-state index in [9.17, 15) is 0 Å². The molecule has 20 heavy (non-hydrogen) atoms. The van der Waals surface area contributed by atoms with Crippen molar-refractivity contribution in [2.75, 3.05) is 0 Å². The van der Waals surface area contributed by atoms with Crippen LogP contribution in [0.15, 0.2) is 65.1 Å². The van der Waals surface area contributed by atoms with Gasteiger partial charge in [0.15, 0.2) is 5.58 Å². The van der Waals surface area contributed by atoms with E-state index in [-0.39, 0.29) is 0 Å². The van der Waals surface area contributed by atoms with Gasteiger partial charge in [-0.15, -0.1) is 0 Å². The molecule has 4 aromatic rings. The molecule has 0 saturated heterocycles. The fourth-order valence-corrected chi connectivity index (χ4v) is 2.48. The zero-order valence-corrected chi connectivity index (χ0v) is 11.1. The summed E-state index contributed by atoms with van der Waals surface area (Å²) in [6.07, 6.45) is 0. The molecule has 0 saturated carbocycles. The van der Waals surface area contributed by atoms with E-state index in [1.807, 2.05) is 30.3 Å². The Morgan fingerprint density at radius 3 is 2.50 bits per heavy atom. The SMILES string of the molecule is Bc1ccc(-c2nc3ccc4ccccc4c3o2)cc1. The van der Waals surface area contributed by atoms with E-state index >= 15 is 0 Å². The topological polar surface area (TPSA) is 26.0 Å². The van der Waals surface area contributed by atoms with Crippen molar-refractivity contribution in [3.8, 4) is 11.5 Å². The van der Waals surface area contributed by atoms with Gasteiger partial charge in [-0.05, 0) is 11.5 Å². The molecule has 0 aliphatic rings. The molecule has 0 fully saturated rings. The highest BCUT2D eigenvalue weighted by Crippen LogP contribution is 2.29. The van der Waals surface area contributed by atoms with Gasteiger partial charge in [-0.25, -0.2) is 4.98 Å². The maximum Gasteiger partial charge on any atom is 0.227 e. The van der Waals surface area contributed by atoms with Crippen LogP contribution >= 0.6 is 0 Å². The lowest BCUT2D eigenvalue weighted by molar-refractivity contribution is 0.623. The van der Waals surface area contributed by atoms with Gasteiger partial charge < -0.3 is 4.42 Å². The Labute approximate surface area is 117 Å². The number of benzene rings is 3. The Morgan fingerprint density at radius 1 is 0.850 bits per heavy atom. The number of oxazole rings is 1. The first-order chi connectivity index (χ1) is 9.81. The zero-order chi connectivity index (χ0) is 13.5. The van der Waals surface area contributed by atoms with Crippen LogP contribution in [0.2, 0.25) is 0 Å². The first-order valence-corrected chi connectivity index (χ1v) is 6.66. The maximum atomic E-state index is 6.00. The van der Waals surface area contributed by atoms with Gasteiger partial charge >= 0.3 is 0 Å². The first-order valence-electron chi connectivity index (χ1n) is 6.66. The van der Waals surface area contributed by atoms with Gasteiger partial charge in [0, 0.05) is 10.9 Å². The summed E-state index contributed by atoms with van der Waals surface area (Å²) in [5.74, 6) is 0.677. The molecule has 3 aromatic carbocycles. The van der Waals surface area contributed by atoms with Crippen molar-refractivity contribution in [2.45, 2.75) is 0 Å². The molecule has 0 aliphatic heterocycles. The van der Waals surface area contributed by atoms with Crippen molar-refractivity contribution >= 4 is 35.2 Å². The van der Waals surface area contributed by atoms with E-state index in [0.717, 1.165) is 22.0 Å². The number of fused-ring (bicyclic) bond motifs is 3. The summed E-state index contributed by atoms with van der Waals surface area (Å²) in [6, 6.07) is 20.5. The number of hydrogen-bond acceptors (Lipinski definition) is 2. The lowest BCUT2D eigenvalue weighted by Gasteiger charge is -1.96. The average Bonchev–Trinajstić information content (AvgIpc) is 2.92. The molecule has 0 unspecified atom stereocenters. The van der Waals surface area contributed by atoms with Crippen LogP contribution in [-0.4, -0.2) is 12.8 Å². The summed E-state index contributed by atoms with van der Waals surface area (Å²) in [6.45, 7) is 0. The minimum atomic E-state index is 0.677. The lowest BCUT2D eigenvalue weighted by Crippen LogP contribution is -1.99. The normalized spacial score (nSPS) is 11.2. The van der Waals surface area contributed by atoms with E-state index in [2.05, 4.69) is 43.2 Å². The minimum absolute atomic E-state index is 0.677. The molecule has 1 heterocycles. The van der Waals surface area contributed by atoms with Gasteiger partial charge in [0.25, 0.3) is 0 Å². The van der Waals surface area contributed by atoms with Gasteiger partial charge in [-0.2, -0.15) is 0 Å². The van der Waals surface area contributed by atoms with Gasteiger partial charge in [0.05, 0.1) is 0 Å². The number of nitrogens with zero attached hydrogens (tertiary/aromatic N) is 1. The Morgan fingerprint density at radius 2 is 1.65 bits per heavy atom.